The molecule has 5 heteroatoms. The minimum Gasteiger partial charge on any atom is -0.478 e. The van der Waals surface area contributed by atoms with Crippen LogP contribution in [0, 0.1) is 0 Å². The van der Waals surface area contributed by atoms with Gasteiger partial charge in [0.25, 0.3) is 0 Å². The highest BCUT2D eigenvalue weighted by atomic mass is 79.9. The van der Waals surface area contributed by atoms with Crippen molar-refractivity contribution in [3.8, 4) is 0 Å². The minimum absolute atomic E-state index is 0.306. The van der Waals surface area contributed by atoms with Crippen molar-refractivity contribution >= 4 is 27.6 Å². The maximum atomic E-state index is 10.9. The van der Waals surface area contributed by atoms with E-state index in [0.717, 1.165) is 36.2 Å². The van der Waals surface area contributed by atoms with Crippen molar-refractivity contribution in [2.24, 2.45) is 0 Å². The van der Waals surface area contributed by atoms with Crippen LogP contribution in [0.25, 0.3) is 0 Å². The molecular formula is C14H21BrN2O2. The molecule has 4 nitrogen and oxygen atoms in total. The van der Waals surface area contributed by atoms with Crippen LogP contribution in [-0.4, -0.2) is 49.7 Å². The van der Waals surface area contributed by atoms with Gasteiger partial charge in [-0.25, -0.2) is 4.79 Å². The number of hydrogen-bond acceptors (Lipinski definition) is 3. The van der Waals surface area contributed by atoms with Crippen LogP contribution in [0.15, 0.2) is 22.7 Å². The van der Waals surface area contributed by atoms with Gasteiger partial charge in [0.2, 0.25) is 0 Å². The molecule has 1 aromatic rings. The molecule has 1 aromatic carbocycles. The number of carboxylic acids is 1. The molecule has 0 spiro atoms. The predicted octanol–water partition coefficient (Wildman–Crippen LogP) is 2.93. The average Bonchev–Trinajstić information content (AvgIpc) is 2.34. The maximum Gasteiger partial charge on any atom is 0.335 e. The lowest BCUT2D eigenvalue weighted by Crippen LogP contribution is -2.27. The quantitative estimate of drug-likeness (QED) is 0.835. The van der Waals surface area contributed by atoms with Gasteiger partial charge in [-0.2, -0.15) is 0 Å². The summed E-state index contributed by atoms with van der Waals surface area (Å²) in [5.41, 5.74) is 1.35. The SMILES string of the molecule is CCN(CCCN(C)C)c1ccc(C(=O)O)cc1Br. The van der Waals surface area contributed by atoms with E-state index in [1.54, 1.807) is 12.1 Å². The summed E-state index contributed by atoms with van der Waals surface area (Å²) in [6, 6.07) is 5.18. The third-order valence-corrected chi connectivity index (χ3v) is 3.59. The van der Waals surface area contributed by atoms with Crippen molar-refractivity contribution in [3.05, 3.63) is 28.2 Å². The average molecular weight is 329 g/mol. The summed E-state index contributed by atoms with van der Waals surface area (Å²) in [7, 11) is 4.13. The number of hydrogen-bond donors (Lipinski definition) is 1. The van der Waals surface area contributed by atoms with E-state index in [4.69, 9.17) is 5.11 Å². The van der Waals surface area contributed by atoms with Gasteiger partial charge >= 0.3 is 5.97 Å². The van der Waals surface area contributed by atoms with Crippen LogP contribution in [0.5, 0.6) is 0 Å². The fourth-order valence-electron chi connectivity index (χ4n) is 1.92. The molecule has 1 rings (SSSR count). The maximum absolute atomic E-state index is 10.9. The summed E-state index contributed by atoms with van der Waals surface area (Å²) in [5.74, 6) is -0.900. The smallest absolute Gasteiger partial charge is 0.335 e. The lowest BCUT2D eigenvalue weighted by molar-refractivity contribution is 0.0697. The van der Waals surface area contributed by atoms with E-state index in [-0.39, 0.29) is 0 Å². The first-order valence-electron chi connectivity index (χ1n) is 6.38. The molecule has 0 aliphatic rings. The molecule has 0 heterocycles. The molecule has 0 unspecified atom stereocenters. The number of benzene rings is 1. The molecule has 0 radical (unpaired) electrons. The Morgan fingerprint density at radius 1 is 1.32 bits per heavy atom. The molecule has 0 aromatic heterocycles. The molecule has 0 saturated carbocycles. The van der Waals surface area contributed by atoms with Crippen LogP contribution in [0.1, 0.15) is 23.7 Å². The van der Waals surface area contributed by atoms with E-state index in [9.17, 15) is 4.79 Å². The van der Waals surface area contributed by atoms with E-state index in [1.165, 1.54) is 0 Å². The fourth-order valence-corrected chi connectivity index (χ4v) is 2.55. The predicted molar refractivity (Wildman–Crippen MR) is 82.2 cm³/mol. The van der Waals surface area contributed by atoms with Crippen LogP contribution < -0.4 is 4.90 Å². The monoisotopic (exact) mass is 328 g/mol. The second-order valence-electron chi connectivity index (χ2n) is 4.71. The Bertz CT molecular complexity index is 435. The summed E-state index contributed by atoms with van der Waals surface area (Å²) in [5, 5.41) is 8.96. The van der Waals surface area contributed by atoms with Crippen molar-refractivity contribution in [1.29, 1.82) is 0 Å². The molecule has 106 valence electrons. The Hall–Kier alpha value is -1.07. The highest BCUT2D eigenvalue weighted by molar-refractivity contribution is 9.10. The summed E-state index contributed by atoms with van der Waals surface area (Å²) in [6.45, 7) is 5.01. The normalized spacial score (nSPS) is 10.8. The van der Waals surface area contributed by atoms with Gasteiger partial charge in [-0.1, -0.05) is 0 Å². The molecule has 0 saturated heterocycles. The molecule has 0 atom stereocenters. The summed E-state index contributed by atoms with van der Waals surface area (Å²) in [6.07, 6.45) is 1.08. The number of anilines is 1. The largest absolute Gasteiger partial charge is 0.478 e. The number of aromatic carboxylic acids is 1. The fraction of sp³-hybridized carbons (Fsp3) is 0.500. The van der Waals surface area contributed by atoms with Gasteiger partial charge in [0.1, 0.15) is 0 Å². The summed E-state index contributed by atoms with van der Waals surface area (Å²) in [4.78, 5) is 15.3. The van der Waals surface area contributed by atoms with E-state index in [2.05, 4.69) is 46.7 Å². The highest BCUT2D eigenvalue weighted by Gasteiger charge is 2.11. The molecule has 0 bridgehead atoms. The van der Waals surface area contributed by atoms with Crippen LogP contribution >= 0.6 is 15.9 Å². The standard InChI is InChI=1S/C14H21BrN2O2/c1-4-17(9-5-8-16(2)3)13-7-6-11(14(18)19)10-12(13)15/h6-7,10H,4-5,8-9H2,1-3H3,(H,18,19). The van der Waals surface area contributed by atoms with Crippen molar-refractivity contribution in [2.75, 3.05) is 38.6 Å². The number of carbonyl (C=O) groups is 1. The van der Waals surface area contributed by atoms with Crippen LogP contribution in [0.4, 0.5) is 5.69 Å². The van der Waals surface area contributed by atoms with Crippen molar-refractivity contribution in [3.63, 3.8) is 0 Å². The highest BCUT2D eigenvalue weighted by Crippen LogP contribution is 2.27. The van der Waals surface area contributed by atoms with Crippen molar-refractivity contribution in [2.45, 2.75) is 13.3 Å². The zero-order valence-electron chi connectivity index (χ0n) is 11.7. The van der Waals surface area contributed by atoms with Crippen LogP contribution in [0.2, 0.25) is 0 Å². The topological polar surface area (TPSA) is 43.8 Å². The van der Waals surface area contributed by atoms with E-state index in [1.807, 2.05) is 6.07 Å². The molecular weight excluding hydrogens is 308 g/mol. The third-order valence-electron chi connectivity index (χ3n) is 2.95. The second kappa shape index (κ2) is 7.50. The zero-order chi connectivity index (χ0) is 14.4. The van der Waals surface area contributed by atoms with Gasteiger partial charge in [-0.3, -0.25) is 0 Å². The zero-order valence-corrected chi connectivity index (χ0v) is 13.3. The lowest BCUT2D eigenvalue weighted by atomic mass is 10.2. The molecule has 1 N–H and O–H groups in total. The third kappa shape index (κ3) is 4.84. The molecule has 0 amide bonds. The first-order chi connectivity index (χ1) is 8.95. The Balaban J connectivity index is 2.78. The molecule has 0 aliphatic carbocycles. The molecule has 0 fully saturated rings. The summed E-state index contributed by atoms with van der Waals surface area (Å²) < 4.78 is 0.833. The number of nitrogens with zero attached hydrogens (tertiary/aromatic N) is 2. The van der Waals surface area contributed by atoms with Gasteiger partial charge in [0, 0.05) is 17.6 Å². The second-order valence-corrected chi connectivity index (χ2v) is 5.56. The van der Waals surface area contributed by atoms with Gasteiger partial charge in [0.15, 0.2) is 0 Å². The number of rotatable bonds is 7. The number of carboxylic acid groups (broad SMARTS) is 1. The van der Waals surface area contributed by atoms with Crippen molar-refractivity contribution < 1.29 is 9.90 Å². The Labute approximate surface area is 123 Å². The Morgan fingerprint density at radius 2 is 2.00 bits per heavy atom. The minimum atomic E-state index is -0.900. The Kier molecular flexibility index (Phi) is 6.31. The van der Waals surface area contributed by atoms with Gasteiger partial charge in [-0.05, 0) is 68.1 Å². The summed E-state index contributed by atoms with van der Waals surface area (Å²) >= 11 is 3.46. The van der Waals surface area contributed by atoms with Crippen molar-refractivity contribution in [1.82, 2.24) is 4.90 Å². The van der Waals surface area contributed by atoms with Gasteiger partial charge < -0.3 is 14.9 Å². The van der Waals surface area contributed by atoms with Crippen LogP contribution in [-0.2, 0) is 0 Å². The number of halogens is 1. The van der Waals surface area contributed by atoms with E-state index in [0.29, 0.717) is 5.56 Å². The van der Waals surface area contributed by atoms with Crippen LogP contribution in [0.3, 0.4) is 0 Å². The molecule has 19 heavy (non-hydrogen) atoms. The first-order valence-corrected chi connectivity index (χ1v) is 7.17. The Morgan fingerprint density at radius 3 is 2.47 bits per heavy atom. The van der Waals surface area contributed by atoms with E-state index >= 15 is 0 Å². The molecule has 0 aliphatic heterocycles. The van der Waals surface area contributed by atoms with Gasteiger partial charge in [0.05, 0.1) is 11.3 Å². The van der Waals surface area contributed by atoms with E-state index < -0.39 is 5.97 Å². The first kappa shape index (κ1) is 16.0. The lowest BCUT2D eigenvalue weighted by Gasteiger charge is -2.25. The van der Waals surface area contributed by atoms with Gasteiger partial charge in [-0.15, -0.1) is 0 Å².